The summed E-state index contributed by atoms with van der Waals surface area (Å²) in [6.45, 7) is 3.22. The highest BCUT2D eigenvalue weighted by Gasteiger charge is 2.55. The number of hydrogen-bond donors (Lipinski definition) is 0. The molecule has 3 heteroatoms. The molecule has 2 fully saturated rings. The number of ether oxygens (including phenoxy) is 3. The third-order valence-corrected chi connectivity index (χ3v) is 8.46. The van der Waals surface area contributed by atoms with Gasteiger partial charge in [-0.3, -0.25) is 0 Å². The van der Waals surface area contributed by atoms with Crippen LogP contribution in [-0.4, -0.2) is 20.3 Å². The molecule has 0 N–H and O–H groups in total. The standard InChI is InChI=1S/C27H34O3/c1-27-15-14-23-22-11-9-21(29-3)16-19(22)6-10-24(23)25(27)12-13-26(27)30-17-18-4-7-20(28-2)8-5-18/h4-5,7-9,11,16,23-26H,6,10,12-15,17H2,1-3H3/t23-,24+,25-,26-,27-/m0/s1. The molecule has 0 aromatic heterocycles. The van der Waals surface area contributed by atoms with E-state index in [1.807, 2.05) is 12.1 Å². The summed E-state index contributed by atoms with van der Waals surface area (Å²) < 4.78 is 17.3. The van der Waals surface area contributed by atoms with E-state index in [-0.39, 0.29) is 0 Å². The normalized spacial score (nSPS) is 32.1. The van der Waals surface area contributed by atoms with Gasteiger partial charge in [0, 0.05) is 0 Å². The first-order valence-electron chi connectivity index (χ1n) is 11.5. The van der Waals surface area contributed by atoms with Crippen molar-refractivity contribution in [1.82, 2.24) is 0 Å². The Hall–Kier alpha value is -2.00. The minimum atomic E-state index is 0.317. The minimum Gasteiger partial charge on any atom is -0.497 e. The number of benzene rings is 2. The van der Waals surface area contributed by atoms with Crippen LogP contribution >= 0.6 is 0 Å². The maximum atomic E-state index is 6.56. The molecule has 30 heavy (non-hydrogen) atoms. The first-order valence-corrected chi connectivity index (χ1v) is 11.5. The Morgan fingerprint density at radius 3 is 2.43 bits per heavy atom. The quantitative estimate of drug-likeness (QED) is 0.596. The van der Waals surface area contributed by atoms with E-state index in [2.05, 4.69) is 37.3 Å². The Morgan fingerprint density at radius 2 is 1.67 bits per heavy atom. The second-order valence-electron chi connectivity index (χ2n) is 9.75. The van der Waals surface area contributed by atoms with Crippen LogP contribution < -0.4 is 9.47 Å². The van der Waals surface area contributed by atoms with Crippen molar-refractivity contribution in [2.24, 2.45) is 17.3 Å². The Morgan fingerprint density at radius 1 is 0.900 bits per heavy atom. The summed E-state index contributed by atoms with van der Waals surface area (Å²) in [5.41, 5.74) is 4.66. The lowest BCUT2D eigenvalue weighted by Gasteiger charge is -2.50. The monoisotopic (exact) mass is 406 g/mol. The SMILES string of the molecule is COc1ccc(CO[C@H]2CC[C@H]3[C@@H]4CCc5cc(OC)ccc5[C@@H]4CC[C@]23C)cc1. The largest absolute Gasteiger partial charge is 0.497 e. The lowest BCUT2D eigenvalue weighted by atomic mass is 9.55. The first kappa shape index (κ1) is 19.9. The van der Waals surface area contributed by atoms with Crippen molar-refractivity contribution < 1.29 is 14.2 Å². The lowest BCUT2D eigenvalue weighted by molar-refractivity contribution is -0.0707. The Labute approximate surface area is 180 Å². The predicted molar refractivity (Wildman–Crippen MR) is 119 cm³/mol. The van der Waals surface area contributed by atoms with Crippen LogP contribution in [0.4, 0.5) is 0 Å². The molecule has 0 unspecified atom stereocenters. The molecule has 2 saturated carbocycles. The molecule has 3 nitrogen and oxygen atoms in total. The van der Waals surface area contributed by atoms with E-state index in [4.69, 9.17) is 14.2 Å². The van der Waals surface area contributed by atoms with Gasteiger partial charge < -0.3 is 14.2 Å². The maximum absolute atomic E-state index is 6.56. The van der Waals surface area contributed by atoms with E-state index in [1.165, 1.54) is 49.7 Å². The van der Waals surface area contributed by atoms with Gasteiger partial charge in [0.25, 0.3) is 0 Å². The number of hydrogen-bond acceptors (Lipinski definition) is 3. The van der Waals surface area contributed by atoms with Crippen LogP contribution in [0.1, 0.15) is 61.6 Å². The fraction of sp³-hybridized carbons (Fsp3) is 0.556. The summed E-state index contributed by atoms with van der Waals surface area (Å²) in [5.74, 6) is 4.21. The van der Waals surface area contributed by atoms with Crippen molar-refractivity contribution >= 4 is 0 Å². The first-order chi connectivity index (χ1) is 14.6. The molecule has 3 aliphatic rings. The van der Waals surface area contributed by atoms with Gasteiger partial charge in [-0.25, -0.2) is 0 Å². The van der Waals surface area contributed by atoms with Crippen LogP contribution in [0.3, 0.4) is 0 Å². The topological polar surface area (TPSA) is 27.7 Å². The average Bonchev–Trinajstić information content (AvgIpc) is 3.13. The molecule has 0 heterocycles. The summed E-state index contributed by atoms with van der Waals surface area (Å²) in [7, 11) is 3.48. The highest BCUT2D eigenvalue weighted by Crippen LogP contribution is 2.61. The van der Waals surface area contributed by atoms with Crippen LogP contribution in [0.5, 0.6) is 11.5 Å². The summed E-state index contributed by atoms with van der Waals surface area (Å²) in [4.78, 5) is 0. The summed E-state index contributed by atoms with van der Waals surface area (Å²) in [6, 6.07) is 15.1. The zero-order valence-electron chi connectivity index (χ0n) is 18.5. The summed E-state index contributed by atoms with van der Waals surface area (Å²) in [5, 5.41) is 0. The fourth-order valence-electron chi connectivity index (χ4n) is 6.83. The van der Waals surface area contributed by atoms with Gasteiger partial charge in [-0.05, 0) is 103 Å². The van der Waals surface area contributed by atoms with Crippen molar-refractivity contribution in [1.29, 1.82) is 0 Å². The number of rotatable bonds is 5. The van der Waals surface area contributed by atoms with Crippen LogP contribution in [-0.2, 0) is 17.8 Å². The van der Waals surface area contributed by atoms with Gasteiger partial charge in [-0.2, -0.15) is 0 Å². The lowest BCUT2D eigenvalue weighted by Crippen LogP contribution is -2.44. The highest BCUT2D eigenvalue weighted by atomic mass is 16.5. The molecule has 2 aromatic carbocycles. The van der Waals surface area contributed by atoms with Gasteiger partial charge in [0.15, 0.2) is 0 Å². The molecular weight excluding hydrogens is 372 g/mol. The number of fused-ring (bicyclic) bond motifs is 5. The van der Waals surface area contributed by atoms with Gasteiger partial charge in [0.05, 0.1) is 26.9 Å². The third kappa shape index (κ3) is 3.32. The zero-order chi connectivity index (χ0) is 20.7. The Balaban J connectivity index is 1.30. The smallest absolute Gasteiger partial charge is 0.119 e. The molecule has 160 valence electrons. The zero-order valence-corrected chi connectivity index (χ0v) is 18.5. The third-order valence-electron chi connectivity index (χ3n) is 8.46. The van der Waals surface area contributed by atoms with Gasteiger partial charge in [0.2, 0.25) is 0 Å². The van der Waals surface area contributed by atoms with Crippen LogP contribution in [0.2, 0.25) is 0 Å². The second-order valence-corrected chi connectivity index (χ2v) is 9.75. The Bertz CT molecular complexity index is 889. The summed E-state index contributed by atoms with van der Waals surface area (Å²) >= 11 is 0. The highest BCUT2D eigenvalue weighted by molar-refractivity contribution is 5.40. The van der Waals surface area contributed by atoms with Gasteiger partial charge >= 0.3 is 0 Å². The van der Waals surface area contributed by atoms with Crippen LogP contribution in [0.25, 0.3) is 0 Å². The second kappa shape index (κ2) is 7.92. The Kier molecular flexibility index (Phi) is 5.26. The molecule has 3 aliphatic carbocycles. The van der Waals surface area contributed by atoms with Crippen molar-refractivity contribution in [3.8, 4) is 11.5 Å². The molecule has 5 rings (SSSR count). The van der Waals surface area contributed by atoms with Crippen LogP contribution in [0, 0.1) is 17.3 Å². The maximum Gasteiger partial charge on any atom is 0.119 e. The molecular formula is C27H34O3. The molecule has 5 atom stereocenters. The predicted octanol–water partition coefficient (Wildman–Crippen LogP) is 6.15. The molecule has 0 amide bonds. The molecule has 0 saturated heterocycles. The van der Waals surface area contributed by atoms with Crippen LogP contribution in [0.15, 0.2) is 42.5 Å². The van der Waals surface area contributed by atoms with E-state index < -0.39 is 0 Å². The van der Waals surface area contributed by atoms with E-state index in [9.17, 15) is 0 Å². The van der Waals surface area contributed by atoms with E-state index in [1.54, 1.807) is 19.8 Å². The summed E-state index contributed by atoms with van der Waals surface area (Å²) in [6.07, 6.45) is 7.97. The van der Waals surface area contributed by atoms with Crippen molar-refractivity contribution in [3.63, 3.8) is 0 Å². The number of methoxy groups -OCH3 is 2. The van der Waals surface area contributed by atoms with Gasteiger partial charge in [-0.15, -0.1) is 0 Å². The number of aryl methyl sites for hydroxylation is 1. The van der Waals surface area contributed by atoms with E-state index in [0.29, 0.717) is 18.1 Å². The van der Waals surface area contributed by atoms with E-state index >= 15 is 0 Å². The van der Waals surface area contributed by atoms with Crippen molar-refractivity contribution in [3.05, 3.63) is 59.2 Å². The van der Waals surface area contributed by atoms with Gasteiger partial charge in [-0.1, -0.05) is 25.1 Å². The molecule has 2 aromatic rings. The average molecular weight is 407 g/mol. The minimum absolute atomic E-state index is 0.317. The van der Waals surface area contributed by atoms with E-state index in [0.717, 1.165) is 29.3 Å². The molecule has 0 spiro atoms. The molecule has 0 bridgehead atoms. The molecule has 0 radical (unpaired) electrons. The van der Waals surface area contributed by atoms with Crippen molar-refractivity contribution in [2.45, 2.75) is 64.1 Å². The van der Waals surface area contributed by atoms with Gasteiger partial charge in [0.1, 0.15) is 11.5 Å². The molecule has 0 aliphatic heterocycles. The fourth-order valence-corrected chi connectivity index (χ4v) is 6.83. The van der Waals surface area contributed by atoms with Crippen molar-refractivity contribution in [2.75, 3.05) is 14.2 Å².